The summed E-state index contributed by atoms with van der Waals surface area (Å²) in [6.07, 6.45) is 1.82. The Kier molecular flexibility index (Phi) is 9.37. The molecule has 44 heavy (non-hydrogen) atoms. The summed E-state index contributed by atoms with van der Waals surface area (Å²) >= 11 is 0. The number of rotatable bonds is 10. The quantitative estimate of drug-likeness (QED) is 0.141. The van der Waals surface area contributed by atoms with Gasteiger partial charge in [-0.3, -0.25) is 24.6 Å². The smallest absolute Gasteiger partial charge is 0.265 e. The van der Waals surface area contributed by atoms with Crippen LogP contribution in [0.15, 0.2) is 91.5 Å². The van der Waals surface area contributed by atoms with Gasteiger partial charge in [0.15, 0.2) is 0 Å². The number of hydrazine groups is 2. The lowest BCUT2D eigenvalue weighted by molar-refractivity contribution is -0.205. The molecule has 2 saturated heterocycles. The van der Waals surface area contributed by atoms with Gasteiger partial charge in [0.2, 0.25) is 17.7 Å². The Morgan fingerprint density at radius 3 is 2.41 bits per heavy atom. The van der Waals surface area contributed by atoms with E-state index >= 15 is 0 Å². The number of phenolic OH excluding ortho intramolecular Hbond substituents is 1. The lowest BCUT2D eigenvalue weighted by atomic mass is 9.97. The first kappa shape index (κ1) is 30.5. The molecule has 3 aromatic rings. The number of hydrogen-bond donors (Lipinski definition) is 3. The SMILES string of the molecule is C=CCN1CC(=O)N2[C@@H](Cc3ccc(O)cc3)C(=O)N(Cc3cccc(C(=O)NN)c3)C[C@@H]2N1C(=O)CCc1ccccc1. The van der Waals surface area contributed by atoms with Crippen molar-refractivity contribution in [2.45, 2.75) is 38.0 Å². The Hall–Kier alpha value is -5.00. The topological polar surface area (TPSA) is 140 Å². The molecule has 5 rings (SSSR count). The van der Waals surface area contributed by atoms with Crippen LogP contribution in [0.2, 0.25) is 0 Å². The molecule has 4 amide bonds. The number of phenols is 1. The standard InChI is InChI=1S/C33H36N6O5/c1-2-17-37-22-31(42)38-28(19-24-11-14-27(40)15-12-24)33(44)36(20-25-9-6-10-26(18-25)32(43)35-34)21-29(38)39(37)30(41)16-13-23-7-4-3-5-8-23/h2-12,14-15,18,28-29,40H,1,13,16-17,19-22,34H2,(H,35,43)/t28-,29-/m0/s1. The fourth-order valence-electron chi connectivity index (χ4n) is 5.88. The Morgan fingerprint density at radius 2 is 1.70 bits per heavy atom. The molecule has 2 heterocycles. The fourth-order valence-corrected chi connectivity index (χ4v) is 5.88. The molecular formula is C33H36N6O5. The van der Waals surface area contributed by atoms with Crippen LogP contribution in [0.25, 0.3) is 0 Å². The minimum Gasteiger partial charge on any atom is -0.508 e. The average molecular weight is 597 g/mol. The predicted octanol–water partition coefficient (Wildman–Crippen LogP) is 1.98. The number of nitrogens with two attached hydrogens (primary N) is 1. The second-order valence-electron chi connectivity index (χ2n) is 10.9. The highest BCUT2D eigenvalue weighted by atomic mass is 16.3. The molecule has 2 fully saturated rings. The van der Waals surface area contributed by atoms with Crippen LogP contribution >= 0.6 is 0 Å². The van der Waals surface area contributed by atoms with E-state index in [4.69, 9.17) is 5.84 Å². The number of fused-ring (bicyclic) bond motifs is 1. The van der Waals surface area contributed by atoms with E-state index in [1.807, 2.05) is 30.3 Å². The van der Waals surface area contributed by atoms with Crippen LogP contribution in [-0.4, -0.2) is 80.4 Å². The van der Waals surface area contributed by atoms with E-state index in [0.717, 1.165) is 11.1 Å². The van der Waals surface area contributed by atoms with Crippen LogP contribution in [0.5, 0.6) is 5.75 Å². The first-order chi connectivity index (χ1) is 21.3. The zero-order valence-corrected chi connectivity index (χ0v) is 24.3. The van der Waals surface area contributed by atoms with Gasteiger partial charge in [0, 0.05) is 31.5 Å². The highest BCUT2D eigenvalue weighted by Crippen LogP contribution is 2.30. The van der Waals surface area contributed by atoms with Gasteiger partial charge in [0.1, 0.15) is 18.0 Å². The third-order valence-corrected chi connectivity index (χ3v) is 7.95. The Bertz CT molecular complexity index is 1530. The monoisotopic (exact) mass is 596 g/mol. The predicted molar refractivity (Wildman–Crippen MR) is 163 cm³/mol. The summed E-state index contributed by atoms with van der Waals surface area (Å²) in [7, 11) is 0. The fraction of sp³-hybridized carbons (Fsp3) is 0.273. The van der Waals surface area contributed by atoms with Crippen molar-refractivity contribution in [3.05, 3.63) is 114 Å². The van der Waals surface area contributed by atoms with Crippen LogP contribution < -0.4 is 11.3 Å². The largest absolute Gasteiger partial charge is 0.508 e. The van der Waals surface area contributed by atoms with Gasteiger partial charge in [-0.25, -0.2) is 15.9 Å². The number of carbonyl (C=O) groups is 4. The summed E-state index contributed by atoms with van der Waals surface area (Å²) in [6, 6.07) is 22.1. The number of nitrogens with zero attached hydrogens (tertiary/aromatic N) is 4. The molecule has 0 aliphatic carbocycles. The third-order valence-electron chi connectivity index (χ3n) is 7.95. The molecular weight excluding hydrogens is 560 g/mol. The number of amides is 4. The number of benzene rings is 3. The lowest BCUT2D eigenvalue weighted by Gasteiger charge is -2.55. The Labute approximate surface area is 256 Å². The summed E-state index contributed by atoms with van der Waals surface area (Å²) in [5, 5.41) is 13.1. The molecule has 0 spiro atoms. The highest BCUT2D eigenvalue weighted by molar-refractivity contribution is 5.94. The maximum Gasteiger partial charge on any atom is 0.265 e. The average Bonchev–Trinajstić information content (AvgIpc) is 3.03. The van der Waals surface area contributed by atoms with Gasteiger partial charge in [-0.15, -0.1) is 6.58 Å². The van der Waals surface area contributed by atoms with Crippen molar-refractivity contribution in [3.63, 3.8) is 0 Å². The summed E-state index contributed by atoms with van der Waals surface area (Å²) in [5.41, 5.74) is 4.94. The van der Waals surface area contributed by atoms with Gasteiger partial charge in [0.25, 0.3) is 5.91 Å². The summed E-state index contributed by atoms with van der Waals surface area (Å²) in [6.45, 7) is 4.27. The van der Waals surface area contributed by atoms with Gasteiger partial charge in [-0.2, -0.15) is 0 Å². The number of carbonyl (C=O) groups excluding carboxylic acids is 4. The first-order valence-corrected chi connectivity index (χ1v) is 14.5. The Morgan fingerprint density at radius 1 is 0.977 bits per heavy atom. The van der Waals surface area contributed by atoms with Gasteiger partial charge in [-0.1, -0.05) is 60.7 Å². The molecule has 3 aromatic carbocycles. The minimum atomic E-state index is -0.892. The second kappa shape index (κ2) is 13.5. The molecule has 0 radical (unpaired) electrons. The molecule has 0 unspecified atom stereocenters. The minimum absolute atomic E-state index is 0.0742. The molecule has 2 atom stereocenters. The van der Waals surface area contributed by atoms with E-state index in [0.29, 0.717) is 17.5 Å². The van der Waals surface area contributed by atoms with Crippen LogP contribution in [0.1, 0.15) is 33.5 Å². The van der Waals surface area contributed by atoms with E-state index in [1.165, 1.54) is 12.1 Å². The van der Waals surface area contributed by atoms with Crippen LogP contribution in [0, 0.1) is 0 Å². The van der Waals surface area contributed by atoms with Gasteiger partial charge in [-0.05, 0) is 47.4 Å². The summed E-state index contributed by atoms with van der Waals surface area (Å²) in [5.74, 6) is 4.26. The van der Waals surface area contributed by atoms with E-state index in [-0.39, 0.29) is 62.5 Å². The van der Waals surface area contributed by atoms with E-state index in [9.17, 15) is 24.3 Å². The molecule has 11 nitrogen and oxygen atoms in total. The number of aromatic hydroxyl groups is 1. The van der Waals surface area contributed by atoms with Crippen molar-refractivity contribution >= 4 is 23.6 Å². The number of piperazine rings is 1. The zero-order chi connectivity index (χ0) is 31.2. The van der Waals surface area contributed by atoms with Crippen molar-refractivity contribution in [1.29, 1.82) is 0 Å². The van der Waals surface area contributed by atoms with Crippen LogP contribution in [-0.2, 0) is 33.8 Å². The molecule has 2 aliphatic heterocycles. The maximum absolute atomic E-state index is 14.1. The van der Waals surface area contributed by atoms with Gasteiger partial charge < -0.3 is 14.9 Å². The van der Waals surface area contributed by atoms with Crippen molar-refractivity contribution in [2.24, 2.45) is 5.84 Å². The van der Waals surface area contributed by atoms with E-state index in [2.05, 4.69) is 12.0 Å². The maximum atomic E-state index is 14.1. The number of aryl methyl sites for hydroxylation is 1. The summed E-state index contributed by atoms with van der Waals surface area (Å²) < 4.78 is 0. The molecule has 228 valence electrons. The van der Waals surface area contributed by atoms with Crippen LogP contribution in [0.3, 0.4) is 0 Å². The van der Waals surface area contributed by atoms with Crippen molar-refractivity contribution in [1.82, 2.24) is 25.2 Å². The molecule has 4 N–H and O–H groups in total. The van der Waals surface area contributed by atoms with Gasteiger partial charge >= 0.3 is 0 Å². The highest BCUT2D eigenvalue weighted by Gasteiger charge is 2.50. The molecule has 0 bridgehead atoms. The van der Waals surface area contributed by atoms with E-state index in [1.54, 1.807) is 62.3 Å². The first-order valence-electron chi connectivity index (χ1n) is 14.5. The second-order valence-corrected chi connectivity index (χ2v) is 10.9. The molecule has 0 saturated carbocycles. The Balaban J connectivity index is 1.50. The number of nitrogens with one attached hydrogen (secondary N) is 1. The summed E-state index contributed by atoms with van der Waals surface area (Å²) in [4.78, 5) is 57.1. The van der Waals surface area contributed by atoms with Crippen molar-refractivity contribution < 1.29 is 24.3 Å². The van der Waals surface area contributed by atoms with E-state index < -0.39 is 18.1 Å². The normalized spacial score (nSPS) is 18.6. The number of hydrogen-bond acceptors (Lipinski definition) is 7. The van der Waals surface area contributed by atoms with Gasteiger partial charge in [0.05, 0.1) is 13.1 Å². The molecule has 0 aromatic heterocycles. The molecule has 2 aliphatic rings. The number of nitrogen functional groups attached to an aromatic ring is 1. The van der Waals surface area contributed by atoms with Crippen molar-refractivity contribution in [2.75, 3.05) is 19.6 Å². The van der Waals surface area contributed by atoms with Crippen molar-refractivity contribution in [3.8, 4) is 5.75 Å². The molecule has 11 heteroatoms. The third kappa shape index (κ3) is 6.64. The zero-order valence-electron chi connectivity index (χ0n) is 24.3. The lowest BCUT2D eigenvalue weighted by Crippen LogP contribution is -2.75. The van der Waals surface area contributed by atoms with Crippen LogP contribution in [0.4, 0.5) is 0 Å².